The standard InChI is InChI=1S/C17H20N4O/c1-2-4-14-11-16(21-9-6-15(22)7-10-21)20-17(19-14)13-5-3-8-18-12-13/h3,5,8,11-12H,2,4,6-7,9-10H2,1H3. The maximum Gasteiger partial charge on any atom is 0.163 e. The number of nitrogens with zero attached hydrogens (tertiary/aromatic N) is 4. The third-order valence-electron chi connectivity index (χ3n) is 3.84. The lowest BCUT2D eigenvalue weighted by Crippen LogP contribution is -2.34. The van der Waals surface area contributed by atoms with E-state index in [4.69, 9.17) is 4.98 Å². The van der Waals surface area contributed by atoms with E-state index >= 15 is 0 Å². The number of ketones is 1. The average molecular weight is 296 g/mol. The number of carbonyl (C=O) groups is 1. The zero-order chi connectivity index (χ0) is 15.4. The second-order valence-electron chi connectivity index (χ2n) is 5.56. The van der Waals surface area contributed by atoms with Crippen molar-refractivity contribution in [3.8, 4) is 11.4 Å². The van der Waals surface area contributed by atoms with E-state index in [2.05, 4.69) is 27.9 Å². The minimum atomic E-state index is 0.339. The van der Waals surface area contributed by atoms with Crippen molar-refractivity contribution in [1.82, 2.24) is 15.0 Å². The molecule has 1 aliphatic rings. The summed E-state index contributed by atoms with van der Waals surface area (Å²) in [5.74, 6) is 1.97. The van der Waals surface area contributed by atoms with Crippen LogP contribution in [-0.2, 0) is 11.2 Å². The van der Waals surface area contributed by atoms with Crippen molar-refractivity contribution >= 4 is 11.6 Å². The van der Waals surface area contributed by atoms with Crippen LogP contribution in [0.4, 0.5) is 5.82 Å². The Morgan fingerprint density at radius 1 is 1.23 bits per heavy atom. The lowest BCUT2D eigenvalue weighted by Gasteiger charge is -2.27. The van der Waals surface area contributed by atoms with E-state index in [9.17, 15) is 4.79 Å². The number of piperidine rings is 1. The summed E-state index contributed by atoms with van der Waals surface area (Å²) < 4.78 is 0. The minimum absolute atomic E-state index is 0.339. The molecule has 2 aromatic heterocycles. The number of Topliss-reactive ketones (excluding diaryl/α,β-unsaturated/α-hetero) is 1. The second-order valence-corrected chi connectivity index (χ2v) is 5.56. The van der Waals surface area contributed by atoms with Crippen LogP contribution in [-0.4, -0.2) is 33.8 Å². The van der Waals surface area contributed by atoms with Gasteiger partial charge in [0.25, 0.3) is 0 Å². The molecule has 5 heteroatoms. The molecule has 0 aromatic carbocycles. The van der Waals surface area contributed by atoms with Crippen LogP contribution in [0.1, 0.15) is 31.9 Å². The zero-order valence-electron chi connectivity index (χ0n) is 12.8. The van der Waals surface area contributed by atoms with Gasteiger partial charge in [-0.3, -0.25) is 9.78 Å². The summed E-state index contributed by atoms with van der Waals surface area (Å²) in [7, 11) is 0. The summed E-state index contributed by atoms with van der Waals surface area (Å²) >= 11 is 0. The Bertz CT molecular complexity index is 647. The van der Waals surface area contributed by atoms with Crippen LogP contribution < -0.4 is 4.90 Å². The molecule has 0 saturated carbocycles. The highest BCUT2D eigenvalue weighted by molar-refractivity contribution is 5.80. The highest BCUT2D eigenvalue weighted by Crippen LogP contribution is 2.22. The minimum Gasteiger partial charge on any atom is -0.356 e. The first-order valence-electron chi connectivity index (χ1n) is 7.81. The topological polar surface area (TPSA) is 59.0 Å². The highest BCUT2D eigenvalue weighted by atomic mass is 16.1. The fourth-order valence-electron chi connectivity index (χ4n) is 2.64. The van der Waals surface area contributed by atoms with Crippen LogP contribution in [0.15, 0.2) is 30.6 Å². The largest absolute Gasteiger partial charge is 0.356 e. The number of rotatable bonds is 4. The van der Waals surface area contributed by atoms with Crippen molar-refractivity contribution in [2.45, 2.75) is 32.6 Å². The summed E-state index contributed by atoms with van der Waals surface area (Å²) in [5.41, 5.74) is 1.97. The first-order valence-corrected chi connectivity index (χ1v) is 7.81. The Morgan fingerprint density at radius 3 is 2.73 bits per heavy atom. The first-order chi connectivity index (χ1) is 10.8. The zero-order valence-corrected chi connectivity index (χ0v) is 12.8. The number of hydrogen-bond acceptors (Lipinski definition) is 5. The molecule has 0 spiro atoms. The van der Waals surface area contributed by atoms with Crippen LogP contribution in [0.2, 0.25) is 0 Å². The second kappa shape index (κ2) is 6.64. The molecule has 1 fully saturated rings. The predicted molar refractivity (Wildman–Crippen MR) is 85.7 cm³/mol. The molecule has 0 radical (unpaired) electrons. The van der Waals surface area contributed by atoms with Crippen LogP contribution in [0.5, 0.6) is 0 Å². The molecule has 5 nitrogen and oxygen atoms in total. The molecule has 0 unspecified atom stereocenters. The van der Waals surface area contributed by atoms with E-state index in [1.54, 1.807) is 12.4 Å². The number of hydrogen-bond donors (Lipinski definition) is 0. The van der Waals surface area contributed by atoms with Gasteiger partial charge in [0.1, 0.15) is 11.6 Å². The lowest BCUT2D eigenvalue weighted by atomic mass is 10.1. The molecular weight excluding hydrogens is 276 g/mol. The Labute approximate surface area is 130 Å². The van der Waals surface area contributed by atoms with Gasteiger partial charge in [-0.25, -0.2) is 9.97 Å². The van der Waals surface area contributed by atoms with Crippen molar-refractivity contribution in [3.05, 3.63) is 36.3 Å². The molecule has 0 N–H and O–H groups in total. The summed E-state index contributed by atoms with van der Waals surface area (Å²) in [6.45, 7) is 3.63. The fourth-order valence-corrected chi connectivity index (χ4v) is 2.64. The van der Waals surface area contributed by atoms with Gasteiger partial charge in [0, 0.05) is 55.6 Å². The van der Waals surface area contributed by atoms with Gasteiger partial charge in [-0.05, 0) is 18.6 Å². The summed E-state index contributed by atoms with van der Waals surface area (Å²) in [4.78, 5) is 27.1. The quantitative estimate of drug-likeness (QED) is 0.868. The van der Waals surface area contributed by atoms with E-state index in [-0.39, 0.29) is 0 Å². The molecule has 0 atom stereocenters. The van der Waals surface area contributed by atoms with Gasteiger partial charge in [-0.1, -0.05) is 13.3 Å². The molecule has 22 heavy (non-hydrogen) atoms. The van der Waals surface area contributed by atoms with Crippen molar-refractivity contribution in [1.29, 1.82) is 0 Å². The highest BCUT2D eigenvalue weighted by Gasteiger charge is 2.19. The Kier molecular flexibility index (Phi) is 4.42. The van der Waals surface area contributed by atoms with E-state index in [0.717, 1.165) is 43.0 Å². The predicted octanol–water partition coefficient (Wildman–Crippen LogP) is 2.66. The molecule has 1 aliphatic heterocycles. The fraction of sp³-hybridized carbons (Fsp3) is 0.412. The normalized spacial score (nSPS) is 15.1. The molecule has 2 aromatic rings. The van der Waals surface area contributed by atoms with Crippen LogP contribution >= 0.6 is 0 Å². The van der Waals surface area contributed by atoms with E-state index in [1.807, 2.05) is 12.1 Å². The first kappa shape index (κ1) is 14.6. The Balaban J connectivity index is 1.95. The number of aromatic nitrogens is 3. The third-order valence-corrected chi connectivity index (χ3v) is 3.84. The number of carbonyl (C=O) groups excluding carboxylic acids is 1. The van der Waals surface area contributed by atoms with Gasteiger partial charge in [-0.2, -0.15) is 0 Å². The molecular formula is C17H20N4O. The summed E-state index contributed by atoms with van der Waals surface area (Å²) in [5, 5.41) is 0. The van der Waals surface area contributed by atoms with Gasteiger partial charge >= 0.3 is 0 Å². The SMILES string of the molecule is CCCc1cc(N2CCC(=O)CC2)nc(-c2cccnc2)n1. The molecule has 3 rings (SSSR count). The van der Waals surface area contributed by atoms with Gasteiger partial charge < -0.3 is 4.90 Å². The number of pyridine rings is 1. The van der Waals surface area contributed by atoms with Gasteiger partial charge in [0.05, 0.1) is 0 Å². The van der Waals surface area contributed by atoms with Crippen LogP contribution in [0, 0.1) is 0 Å². The van der Waals surface area contributed by atoms with E-state index in [0.29, 0.717) is 24.4 Å². The number of aryl methyl sites for hydroxylation is 1. The maximum absolute atomic E-state index is 11.4. The van der Waals surface area contributed by atoms with Gasteiger partial charge in [-0.15, -0.1) is 0 Å². The Hall–Kier alpha value is -2.30. The van der Waals surface area contributed by atoms with Gasteiger partial charge in [0.2, 0.25) is 0 Å². The lowest BCUT2D eigenvalue weighted by molar-refractivity contribution is -0.119. The molecule has 114 valence electrons. The molecule has 0 aliphatic carbocycles. The summed E-state index contributed by atoms with van der Waals surface area (Å²) in [6.07, 6.45) is 6.72. The average Bonchev–Trinajstić information content (AvgIpc) is 2.56. The van der Waals surface area contributed by atoms with Gasteiger partial charge in [0.15, 0.2) is 5.82 Å². The van der Waals surface area contributed by atoms with Crippen molar-refractivity contribution in [2.75, 3.05) is 18.0 Å². The molecule has 1 saturated heterocycles. The van der Waals surface area contributed by atoms with Crippen molar-refractivity contribution in [3.63, 3.8) is 0 Å². The smallest absolute Gasteiger partial charge is 0.163 e. The molecule has 3 heterocycles. The van der Waals surface area contributed by atoms with Crippen LogP contribution in [0.25, 0.3) is 11.4 Å². The third kappa shape index (κ3) is 3.30. The summed E-state index contributed by atoms with van der Waals surface area (Å²) in [6, 6.07) is 5.92. The number of anilines is 1. The molecule has 0 amide bonds. The molecule has 0 bridgehead atoms. The maximum atomic E-state index is 11.4. The van der Waals surface area contributed by atoms with Crippen molar-refractivity contribution < 1.29 is 4.79 Å². The van der Waals surface area contributed by atoms with E-state index < -0.39 is 0 Å². The van der Waals surface area contributed by atoms with Crippen LogP contribution in [0.3, 0.4) is 0 Å². The van der Waals surface area contributed by atoms with E-state index in [1.165, 1.54) is 0 Å². The Morgan fingerprint density at radius 2 is 2.05 bits per heavy atom. The monoisotopic (exact) mass is 296 g/mol. The van der Waals surface area contributed by atoms with Crippen molar-refractivity contribution in [2.24, 2.45) is 0 Å².